The number of aliphatic hydroxyl groups is 1. The molecule has 0 spiro atoms. The number of hydrogen-bond acceptors (Lipinski definition) is 8. The van der Waals surface area contributed by atoms with Crippen molar-refractivity contribution in [3.8, 4) is 18.0 Å². The second kappa shape index (κ2) is 9.33. The third-order valence-electron chi connectivity index (χ3n) is 4.76. The smallest absolute Gasteiger partial charge is 0.183 e. The standard InChI is InChI=1S/C21H21N5O4/c1-28-11-21(12-29-2)19(27)18(16-8-14(9-22)5-6-17(16)30-21)26-20(25-13-23)15-4-3-7-24-10-15/h3-8,10,18-19,27H,11-12H2,1-2H3,(H,25,26)/t18-,19+/m1/s1. The van der Waals surface area contributed by atoms with E-state index in [0.29, 0.717) is 22.4 Å². The fourth-order valence-corrected chi connectivity index (χ4v) is 3.45. The van der Waals surface area contributed by atoms with Crippen molar-refractivity contribution < 1.29 is 19.3 Å². The fourth-order valence-electron chi connectivity index (χ4n) is 3.45. The van der Waals surface area contributed by atoms with E-state index >= 15 is 0 Å². The molecule has 154 valence electrons. The molecule has 0 bridgehead atoms. The first-order valence-corrected chi connectivity index (χ1v) is 9.11. The molecule has 30 heavy (non-hydrogen) atoms. The maximum Gasteiger partial charge on any atom is 0.183 e. The molecular weight excluding hydrogens is 386 g/mol. The Kier molecular flexibility index (Phi) is 6.60. The number of nitrogens with one attached hydrogen (secondary N) is 1. The Labute approximate surface area is 174 Å². The topological polar surface area (TPSA) is 133 Å². The summed E-state index contributed by atoms with van der Waals surface area (Å²) in [5.74, 6) is 0.679. The maximum absolute atomic E-state index is 11.3. The fraction of sp³-hybridized carbons (Fsp3) is 0.333. The zero-order valence-electron chi connectivity index (χ0n) is 16.6. The molecule has 9 heteroatoms. The van der Waals surface area contributed by atoms with Crippen LogP contribution in [0.3, 0.4) is 0 Å². The molecule has 3 rings (SSSR count). The van der Waals surface area contributed by atoms with Crippen molar-refractivity contribution in [2.24, 2.45) is 4.99 Å². The molecule has 0 saturated carbocycles. The number of hydrogen-bond donors (Lipinski definition) is 2. The van der Waals surface area contributed by atoms with Crippen LogP contribution in [0, 0.1) is 22.8 Å². The van der Waals surface area contributed by atoms with Gasteiger partial charge in [0.05, 0.1) is 24.8 Å². The van der Waals surface area contributed by atoms with Gasteiger partial charge in [-0.05, 0) is 30.3 Å². The van der Waals surface area contributed by atoms with Gasteiger partial charge in [-0.1, -0.05) is 0 Å². The van der Waals surface area contributed by atoms with Crippen molar-refractivity contribution >= 4 is 5.84 Å². The molecule has 0 unspecified atom stereocenters. The molecule has 0 fully saturated rings. The minimum absolute atomic E-state index is 0.0430. The van der Waals surface area contributed by atoms with E-state index in [9.17, 15) is 15.6 Å². The van der Waals surface area contributed by atoms with Crippen LogP contribution >= 0.6 is 0 Å². The van der Waals surface area contributed by atoms with E-state index in [1.54, 1.807) is 42.7 Å². The van der Waals surface area contributed by atoms with Gasteiger partial charge in [0, 0.05) is 37.7 Å². The first-order valence-electron chi connectivity index (χ1n) is 9.11. The van der Waals surface area contributed by atoms with Crippen molar-refractivity contribution in [1.29, 1.82) is 10.5 Å². The van der Waals surface area contributed by atoms with Crippen molar-refractivity contribution in [3.63, 3.8) is 0 Å². The zero-order valence-corrected chi connectivity index (χ0v) is 16.6. The van der Waals surface area contributed by atoms with E-state index in [1.807, 2.05) is 6.19 Å². The van der Waals surface area contributed by atoms with E-state index in [1.165, 1.54) is 14.2 Å². The van der Waals surface area contributed by atoms with Crippen molar-refractivity contribution in [2.45, 2.75) is 17.7 Å². The summed E-state index contributed by atoms with van der Waals surface area (Å²) in [5.41, 5.74) is 0.253. The lowest BCUT2D eigenvalue weighted by Gasteiger charge is -2.44. The maximum atomic E-state index is 11.3. The highest BCUT2D eigenvalue weighted by molar-refractivity contribution is 5.99. The summed E-state index contributed by atoms with van der Waals surface area (Å²) in [7, 11) is 3.00. The van der Waals surface area contributed by atoms with Crippen LogP contribution in [0.25, 0.3) is 0 Å². The minimum Gasteiger partial charge on any atom is -0.479 e. The highest BCUT2D eigenvalue weighted by Gasteiger charge is 2.50. The van der Waals surface area contributed by atoms with Gasteiger partial charge in [0.25, 0.3) is 0 Å². The summed E-state index contributed by atoms with van der Waals surface area (Å²) in [6, 6.07) is 9.57. The van der Waals surface area contributed by atoms with Crippen LogP contribution in [-0.4, -0.2) is 55.1 Å². The molecule has 0 saturated heterocycles. The number of aliphatic imine (C=N–C) groups is 1. The number of nitriles is 2. The van der Waals surface area contributed by atoms with Gasteiger partial charge in [-0.2, -0.15) is 10.5 Å². The second-order valence-corrected chi connectivity index (χ2v) is 6.74. The summed E-state index contributed by atoms with van der Waals surface area (Å²) >= 11 is 0. The summed E-state index contributed by atoms with van der Waals surface area (Å²) in [5, 5.41) is 32.4. The Morgan fingerprint density at radius 2 is 2.07 bits per heavy atom. The number of ether oxygens (including phenoxy) is 3. The minimum atomic E-state index is -1.23. The van der Waals surface area contributed by atoms with Crippen LogP contribution in [-0.2, 0) is 9.47 Å². The largest absolute Gasteiger partial charge is 0.479 e. The molecule has 1 aromatic heterocycles. The number of fused-ring (bicyclic) bond motifs is 1. The zero-order chi connectivity index (χ0) is 21.6. The van der Waals surface area contributed by atoms with Crippen molar-refractivity contribution in [1.82, 2.24) is 10.3 Å². The number of nitrogens with zero attached hydrogens (tertiary/aromatic N) is 4. The molecule has 0 aliphatic carbocycles. The van der Waals surface area contributed by atoms with Gasteiger partial charge in [0.1, 0.15) is 23.7 Å². The molecule has 9 nitrogen and oxygen atoms in total. The molecule has 2 heterocycles. The molecule has 1 aliphatic rings. The molecule has 0 radical (unpaired) electrons. The molecule has 2 aromatic rings. The number of pyridine rings is 1. The highest BCUT2D eigenvalue weighted by atomic mass is 16.6. The first-order chi connectivity index (χ1) is 14.6. The van der Waals surface area contributed by atoms with Crippen LogP contribution in [0.1, 0.15) is 22.7 Å². The predicted octanol–water partition coefficient (Wildman–Crippen LogP) is 1.30. The SMILES string of the molecule is COCC1(COC)Oc2ccc(C#N)cc2[C@@H](N=C(NC#N)c2cccnc2)[C@@H]1O. The van der Waals surface area contributed by atoms with Gasteiger partial charge in [-0.15, -0.1) is 0 Å². The second-order valence-electron chi connectivity index (χ2n) is 6.74. The Balaban J connectivity index is 2.19. The Morgan fingerprint density at radius 1 is 1.30 bits per heavy atom. The van der Waals surface area contributed by atoms with Crippen LogP contribution in [0.2, 0.25) is 0 Å². The molecular formula is C21H21N5O4. The quantitative estimate of drug-likeness (QED) is 0.317. The lowest BCUT2D eigenvalue weighted by Crippen LogP contribution is -2.59. The van der Waals surface area contributed by atoms with Gasteiger partial charge in [-0.25, -0.2) is 0 Å². The van der Waals surface area contributed by atoms with Crippen LogP contribution in [0.15, 0.2) is 47.7 Å². The van der Waals surface area contributed by atoms with Gasteiger partial charge in [0.2, 0.25) is 0 Å². The summed E-state index contributed by atoms with van der Waals surface area (Å²) in [6.45, 7) is 0.0861. The number of aliphatic hydroxyl groups excluding tert-OH is 1. The molecule has 0 amide bonds. The van der Waals surface area contributed by atoms with E-state index in [4.69, 9.17) is 14.2 Å². The monoisotopic (exact) mass is 407 g/mol. The summed E-state index contributed by atoms with van der Waals surface area (Å²) in [4.78, 5) is 8.70. The number of benzene rings is 1. The summed E-state index contributed by atoms with van der Waals surface area (Å²) in [6.07, 6.45) is 3.84. The third kappa shape index (κ3) is 4.09. The molecule has 1 aromatic carbocycles. The van der Waals surface area contributed by atoms with E-state index in [0.717, 1.165) is 0 Å². The lowest BCUT2D eigenvalue weighted by atomic mass is 9.84. The average Bonchev–Trinajstić information content (AvgIpc) is 2.77. The molecule has 2 N–H and O–H groups in total. The van der Waals surface area contributed by atoms with Gasteiger partial charge in [0.15, 0.2) is 11.8 Å². The molecule has 2 atom stereocenters. The Hall–Kier alpha value is -3.50. The summed E-state index contributed by atoms with van der Waals surface area (Å²) < 4.78 is 16.7. The van der Waals surface area contributed by atoms with E-state index < -0.39 is 17.7 Å². The van der Waals surface area contributed by atoms with E-state index in [2.05, 4.69) is 21.4 Å². The Bertz CT molecular complexity index is 991. The predicted molar refractivity (Wildman–Crippen MR) is 107 cm³/mol. The number of aromatic nitrogens is 1. The average molecular weight is 407 g/mol. The van der Waals surface area contributed by atoms with Crippen molar-refractivity contribution in [3.05, 3.63) is 59.4 Å². The normalized spacial score (nSPS) is 19.7. The van der Waals surface area contributed by atoms with E-state index in [-0.39, 0.29) is 19.0 Å². The number of amidine groups is 1. The number of rotatable bonds is 6. The highest BCUT2D eigenvalue weighted by Crippen LogP contribution is 2.43. The van der Waals surface area contributed by atoms with Crippen LogP contribution in [0.5, 0.6) is 5.75 Å². The van der Waals surface area contributed by atoms with Crippen LogP contribution in [0.4, 0.5) is 0 Å². The molecule has 1 aliphatic heterocycles. The third-order valence-corrected chi connectivity index (χ3v) is 4.76. The van der Waals surface area contributed by atoms with Crippen molar-refractivity contribution in [2.75, 3.05) is 27.4 Å². The first kappa shape index (κ1) is 21.2. The lowest BCUT2D eigenvalue weighted by molar-refractivity contribution is -0.144. The van der Waals surface area contributed by atoms with Crippen LogP contribution < -0.4 is 10.1 Å². The van der Waals surface area contributed by atoms with Gasteiger partial charge in [-0.3, -0.25) is 15.3 Å². The Morgan fingerprint density at radius 3 is 2.67 bits per heavy atom. The number of methoxy groups -OCH3 is 2. The van der Waals surface area contributed by atoms with Gasteiger partial charge < -0.3 is 19.3 Å². The van der Waals surface area contributed by atoms with Gasteiger partial charge >= 0.3 is 0 Å².